The summed E-state index contributed by atoms with van der Waals surface area (Å²) in [4.78, 5) is 13.9. The van der Waals surface area contributed by atoms with Crippen molar-refractivity contribution in [3.05, 3.63) is 66.1 Å². The smallest absolute Gasteiger partial charge is 0.132 e. The van der Waals surface area contributed by atoms with Crippen LogP contribution in [-0.2, 0) is 0 Å². The summed E-state index contributed by atoms with van der Waals surface area (Å²) in [5.41, 5.74) is 5.67. The van der Waals surface area contributed by atoms with Gasteiger partial charge in [0.25, 0.3) is 0 Å². The minimum atomic E-state index is -0.315. The minimum absolute atomic E-state index is 0.0911. The predicted molar refractivity (Wildman–Crippen MR) is 131 cm³/mol. The highest BCUT2D eigenvalue weighted by Gasteiger charge is 2.27. The molecule has 2 aliphatic carbocycles. The number of fused-ring (bicyclic) bond motifs is 1. The molecule has 2 saturated carbocycles. The number of aromatic nitrogens is 4. The van der Waals surface area contributed by atoms with Crippen molar-refractivity contribution in [1.29, 1.82) is 5.26 Å². The number of imidazole rings is 1. The van der Waals surface area contributed by atoms with Crippen LogP contribution < -0.4 is 5.32 Å². The van der Waals surface area contributed by atoms with E-state index in [9.17, 15) is 10.4 Å². The molecule has 7 nitrogen and oxygen atoms in total. The number of benzene rings is 1. The number of nitriles is 1. The number of rotatable bonds is 5. The minimum Gasteiger partial charge on any atom is -0.391 e. The molecule has 2 unspecified atom stereocenters. The average molecular weight is 451 g/mol. The van der Waals surface area contributed by atoms with E-state index < -0.39 is 0 Å². The largest absolute Gasteiger partial charge is 0.391 e. The van der Waals surface area contributed by atoms with Crippen molar-refractivity contribution in [3.63, 3.8) is 0 Å². The predicted octanol–water partition coefficient (Wildman–Crippen LogP) is 5.46. The zero-order valence-corrected chi connectivity index (χ0v) is 18.9. The summed E-state index contributed by atoms with van der Waals surface area (Å²) >= 11 is 0. The summed E-state index contributed by atoms with van der Waals surface area (Å²) in [7, 11) is 0. The zero-order chi connectivity index (χ0) is 23.1. The van der Waals surface area contributed by atoms with Gasteiger partial charge in [0.2, 0.25) is 0 Å². The number of nitrogens with one attached hydrogen (secondary N) is 1. The molecule has 34 heavy (non-hydrogen) atoms. The molecule has 4 aromatic rings. The number of hydrogen-bond acceptors (Lipinski definition) is 6. The molecule has 0 amide bonds. The summed E-state index contributed by atoms with van der Waals surface area (Å²) < 4.78 is 2.14. The molecule has 0 radical (unpaired) electrons. The molecule has 6 rings (SSSR count). The van der Waals surface area contributed by atoms with Gasteiger partial charge >= 0.3 is 0 Å². The first-order chi connectivity index (χ1) is 16.7. The van der Waals surface area contributed by atoms with E-state index in [0.29, 0.717) is 17.3 Å². The second kappa shape index (κ2) is 8.54. The SMILES string of the molecule is N#Cc1ccnc(Nc2cc(C3CC3)cc(-c3ccc4c(c3)ncn4C3CCCCC3O)n2)c1. The number of anilines is 2. The topological polar surface area (TPSA) is 99.7 Å². The Morgan fingerprint density at radius 3 is 2.68 bits per heavy atom. The molecule has 2 fully saturated rings. The lowest BCUT2D eigenvalue weighted by Gasteiger charge is -2.29. The van der Waals surface area contributed by atoms with Gasteiger partial charge in [-0.2, -0.15) is 5.26 Å². The Kier molecular flexibility index (Phi) is 5.23. The summed E-state index contributed by atoms with van der Waals surface area (Å²) in [6.45, 7) is 0. The molecule has 3 aromatic heterocycles. The van der Waals surface area contributed by atoms with Crippen LogP contribution in [0.15, 0.2) is 55.0 Å². The quantitative estimate of drug-likeness (QED) is 0.419. The Morgan fingerprint density at radius 1 is 0.971 bits per heavy atom. The Balaban J connectivity index is 1.35. The second-order valence-corrected chi connectivity index (χ2v) is 9.39. The van der Waals surface area contributed by atoms with Gasteiger partial charge in [0.15, 0.2) is 0 Å². The van der Waals surface area contributed by atoms with Gasteiger partial charge in [0.1, 0.15) is 11.6 Å². The van der Waals surface area contributed by atoms with Crippen molar-refractivity contribution >= 4 is 22.7 Å². The number of aliphatic hydroxyl groups excluding tert-OH is 1. The summed E-state index contributed by atoms with van der Waals surface area (Å²) in [5, 5.41) is 23.0. The zero-order valence-electron chi connectivity index (χ0n) is 18.9. The number of hydrogen-bond donors (Lipinski definition) is 2. The summed E-state index contributed by atoms with van der Waals surface area (Å²) in [6.07, 6.45) is 9.62. The van der Waals surface area contributed by atoms with Crippen LogP contribution in [0.2, 0.25) is 0 Å². The molecular weight excluding hydrogens is 424 g/mol. The Labute approximate surface area is 198 Å². The van der Waals surface area contributed by atoms with Crippen molar-refractivity contribution in [2.45, 2.75) is 56.6 Å². The lowest BCUT2D eigenvalue weighted by molar-refractivity contribution is 0.0773. The van der Waals surface area contributed by atoms with Gasteiger partial charge in [-0.25, -0.2) is 15.0 Å². The fourth-order valence-corrected chi connectivity index (χ4v) is 4.99. The highest BCUT2D eigenvalue weighted by Crippen LogP contribution is 2.42. The highest BCUT2D eigenvalue weighted by atomic mass is 16.3. The van der Waals surface area contributed by atoms with Gasteiger partial charge in [-0.3, -0.25) is 0 Å². The van der Waals surface area contributed by atoms with E-state index in [2.05, 4.69) is 56.3 Å². The Hall–Kier alpha value is -3.76. The summed E-state index contributed by atoms with van der Waals surface area (Å²) in [5.74, 6) is 1.89. The van der Waals surface area contributed by atoms with E-state index in [-0.39, 0.29) is 12.1 Å². The first-order valence-corrected chi connectivity index (χ1v) is 12.0. The van der Waals surface area contributed by atoms with E-state index in [4.69, 9.17) is 4.98 Å². The molecular formula is C27H26N6O. The van der Waals surface area contributed by atoms with Crippen molar-refractivity contribution in [2.75, 3.05) is 5.32 Å². The van der Waals surface area contributed by atoms with Crippen LogP contribution in [0.1, 0.15) is 61.6 Å². The second-order valence-electron chi connectivity index (χ2n) is 9.39. The van der Waals surface area contributed by atoms with Gasteiger partial charge < -0.3 is 15.0 Å². The maximum atomic E-state index is 10.5. The monoisotopic (exact) mass is 450 g/mol. The van der Waals surface area contributed by atoms with E-state index >= 15 is 0 Å². The fraction of sp³-hybridized carbons (Fsp3) is 0.333. The van der Waals surface area contributed by atoms with Gasteiger partial charge in [-0.05, 0) is 73.6 Å². The van der Waals surface area contributed by atoms with Crippen LogP contribution in [0.4, 0.5) is 11.6 Å². The fourth-order valence-electron chi connectivity index (χ4n) is 4.99. The van der Waals surface area contributed by atoms with Crippen LogP contribution in [-0.4, -0.2) is 30.7 Å². The summed E-state index contributed by atoms with van der Waals surface area (Å²) in [6, 6.07) is 16.2. The molecule has 170 valence electrons. The van der Waals surface area contributed by atoms with E-state index in [1.165, 1.54) is 18.4 Å². The van der Waals surface area contributed by atoms with Crippen molar-refractivity contribution in [2.24, 2.45) is 0 Å². The number of nitrogens with zero attached hydrogens (tertiary/aromatic N) is 5. The van der Waals surface area contributed by atoms with Gasteiger partial charge in [-0.15, -0.1) is 0 Å². The molecule has 2 aliphatic rings. The van der Waals surface area contributed by atoms with Gasteiger partial charge in [-0.1, -0.05) is 18.9 Å². The maximum absolute atomic E-state index is 10.5. The first kappa shape index (κ1) is 20.8. The highest BCUT2D eigenvalue weighted by molar-refractivity contribution is 5.82. The van der Waals surface area contributed by atoms with Gasteiger partial charge in [0, 0.05) is 11.8 Å². The molecule has 0 bridgehead atoms. The molecule has 1 aromatic carbocycles. The van der Waals surface area contributed by atoms with E-state index in [0.717, 1.165) is 53.8 Å². The van der Waals surface area contributed by atoms with Crippen LogP contribution in [0.5, 0.6) is 0 Å². The van der Waals surface area contributed by atoms with Crippen LogP contribution in [0, 0.1) is 11.3 Å². The third-order valence-corrected chi connectivity index (χ3v) is 6.96. The van der Waals surface area contributed by atoms with Crippen molar-refractivity contribution < 1.29 is 5.11 Å². The van der Waals surface area contributed by atoms with Crippen molar-refractivity contribution in [3.8, 4) is 17.3 Å². The lowest BCUT2D eigenvalue weighted by Crippen LogP contribution is -2.27. The first-order valence-electron chi connectivity index (χ1n) is 12.0. The Bertz CT molecular complexity index is 1400. The van der Waals surface area contributed by atoms with Gasteiger partial charge in [0.05, 0.1) is 46.8 Å². The van der Waals surface area contributed by atoms with Crippen LogP contribution >= 0.6 is 0 Å². The number of aliphatic hydroxyl groups is 1. The third kappa shape index (κ3) is 4.02. The molecule has 2 N–H and O–H groups in total. The lowest BCUT2D eigenvalue weighted by atomic mass is 9.92. The maximum Gasteiger partial charge on any atom is 0.132 e. The molecule has 2 atom stereocenters. The molecule has 0 spiro atoms. The molecule has 0 saturated heterocycles. The third-order valence-electron chi connectivity index (χ3n) is 6.96. The average Bonchev–Trinajstić information content (AvgIpc) is 3.64. The molecule has 7 heteroatoms. The normalized spacial score (nSPS) is 20.2. The van der Waals surface area contributed by atoms with Crippen LogP contribution in [0.25, 0.3) is 22.3 Å². The standard InChI is InChI=1S/C27H26N6O/c28-15-17-9-10-29-26(11-17)32-27-14-20(18-5-6-18)13-21(31-27)19-7-8-23-22(12-19)30-16-33(23)24-3-1-2-4-25(24)34/h7-14,16,18,24-25,34H,1-6H2,(H,29,31,32). The Morgan fingerprint density at radius 2 is 1.85 bits per heavy atom. The van der Waals surface area contributed by atoms with E-state index in [1.807, 2.05) is 6.33 Å². The number of pyridine rings is 2. The van der Waals surface area contributed by atoms with E-state index in [1.54, 1.807) is 18.3 Å². The van der Waals surface area contributed by atoms with Crippen LogP contribution in [0.3, 0.4) is 0 Å². The van der Waals surface area contributed by atoms with Crippen molar-refractivity contribution in [1.82, 2.24) is 19.5 Å². The molecule has 0 aliphatic heterocycles. The molecule has 3 heterocycles.